The number of ether oxygens (including phenoxy) is 1. The Balaban J connectivity index is 1.95. The lowest BCUT2D eigenvalue weighted by molar-refractivity contribution is 0.0622. The number of aromatic nitrogens is 1. The van der Waals surface area contributed by atoms with Gasteiger partial charge in [-0.3, -0.25) is 4.79 Å². The van der Waals surface area contributed by atoms with Crippen molar-refractivity contribution in [2.45, 2.75) is 6.04 Å². The first-order valence-corrected chi connectivity index (χ1v) is 7.48. The standard InChI is InChI=1S/C17H21N3O2/c1-19-10-5-7-14(19)17(21)20-11-9-18-12-15(20)13-6-3-4-8-16(13)22-2/h3-8,10,15,18H,9,11-12H2,1-2H3. The monoisotopic (exact) mass is 299 g/mol. The Hall–Kier alpha value is -2.27. The first kappa shape index (κ1) is 14.7. The van der Waals surface area contributed by atoms with Crippen molar-refractivity contribution >= 4 is 5.91 Å². The quantitative estimate of drug-likeness (QED) is 0.940. The van der Waals surface area contributed by atoms with Gasteiger partial charge in [0.1, 0.15) is 11.4 Å². The zero-order valence-electron chi connectivity index (χ0n) is 13.0. The summed E-state index contributed by atoms with van der Waals surface area (Å²) in [6.45, 7) is 2.23. The molecule has 1 aromatic heterocycles. The van der Waals surface area contributed by atoms with Crippen LogP contribution >= 0.6 is 0 Å². The van der Waals surface area contributed by atoms with Crippen molar-refractivity contribution in [1.29, 1.82) is 0 Å². The lowest BCUT2D eigenvalue weighted by Crippen LogP contribution is -2.49. The van der Waals surface area contributed by atoms with Crippen LogP contribution in [-0.4, -0.2) is 42.1 Å². The summed E-state index contributed by atoms with van der Waals surface area (Å²) in [5.41, 5.74) is 1.75. The number of hydrogen-bond donors (Lipinski definition) is 1. The first-order valence-electron chi connectivity index (χ1n) is 7.48. The van der Waals surface area contributed by atoms with E-state index in [1.54, 1.807) is 7.11 Å². The number of methoxy groups -OCH3 is 1. The number of rotatable bonds is 3. The molecule has 5 heteroatoms. The number of carbonyl (C=O) groups excluding carboxylic acids is 1. The molecular formula is C17H21N3O2. The Labute approximate surface area is 130 Å². The summed E-state index contributed by atoms with van der Waals surface area (Å²) in [5, 5.41) is 3.37. The van der Waals surface area contributed by atoms with E-state index < -0.39 is 0 Å². The molecule has 22 heavy (non-hydrogen) atoms. The van der Waals surface area contributed by atoms with E-state index >= 15 is 0 Å². The van der Waals surface area contributed by atoms with Crippen molar-refractivity contribution in [3.05, 3.63) is 53.9 Å². The van der Waals surface area contributed by atoms with E-state index in [-0.39, 0.29) is 11.9 Å². The van der Waals surface area contributed by atoms with Crippen LogP contribution in [0.2, 0.25) is 0 Å². The minimum atomic E-state index is -0.0210. The Morgan fingerprint density at radius 1 is 1.27 bits per heavy atom. The molecule has 1 amide bonds. The van der Waals surface area contributed by atoms with Crippen molar-refractivity contribution in [2.24, 2.45) is 7.05 Å². The molecule has 1 saturated heterocycles. The largest absolute Gasteiger partial charge is 0.496 e. The third-order valence-corrected chi connectivity index (χ3v) is 4.17. The maximum absolute atomic E-state index is 12.9. The minimum absolute atomic E-state index is 0.0210. The average Bonchev–Trinajstić information content (AvgIpc) is 3.00. The van der Waals surface area contributed by atoms with Crippen LogP contribution in [-0.2, 0) is 7.05 Å². The van der Waals surface area contributed by atoms with Crippen LogP contribution < -0.4 is 10.1 Å². The van der Waals surface area contributed by atoms with Crippen LogP contribution in [0.4, 0.5) is 0 Å². The Kier molecular flexibility index (Phi) is 4.15. The van der Waals surface area contributed by atoms with E-state index in [9.17, 15) is 4.79 Å². The fourth-order valence-electron chi connectivity index (χ4n) is 3.00. The number of hydrogen-bond acceptors (Lipinski definition) is 3. The van der Waals surface area contributed by atoms with Crippen LogP contribution in [0.3, 0.4) is 0 Å². The van der Waals surface area contributed by atoms with E-state index in [4.69, 9.17) is 4.74 Å². The van der Waals surface area contributed by atoms with E-state index in [1.807, 2.05) is 59.1 Å². The van der Waals surface area contributed by atoms with Gasteiger partial charge in [-0.05, 0) is 18.2 Å². The topological polar surface area (TPSA) is 46.5 Å². The van der Waals surface area contributed by atoms with Crippen molar-refractivity contribution in [1.82, 2.24) is 14.8 Å². The molecule has 0 bridgehead atoms. The molecule has 2 heterocycles. The lowest BCUT2D eigenvalue weighted by atomic mass is 10.0. The predicted molar refractivity (Wildman–Crippen MR) is 85.1 cm³/mol. The van der Waals surface area contributed by atoms with Gasteiger partial charge in [0.05, 0.1) is 13.2 Å². The van der Waals surface area contributed by atoms with Gasteiger partial charge in [0.2, 0.25) is 0 Å². The van der Waals surface area contributed by atoms with Crippen molar-refractivity contribution in [2.75, 3.05) is 26.7 Å². The van der Waals surface area contributed by atoms with Crippen LogP contribution in [0.1, 0.15) is 22.1 Å². The number of para-hydroxylation sites is 1. The molecule has 0 radical (unpaired) electrons. The molecule has 3 rings (SSSR count). The number of aryl methyl sites for hydroxylation is 1. The van der Waals surface area contributed by atoms with Gasteiger partial charge in [0.15, 0.2) is 0 Å². The molecule has 0 aliphatic carbocycles. The van der Waals surface area contributed by atoms with Gasteiger partial charge in [-0.2, -0.15) is 0 Å². The van der Waals surface area contributed by atoms with Gasteiger partial charge in [-0.25, -0.2) is 0 Å². The summed E-state index contributed by atoms with van der Waals surface area (Å²) in [5.74, 6) is 0.880. The highest BCUT2D eigenvalue weighted by molar-refractivity contribution is 5.93. The first-order chi connectivity index (χ1) is 10.7. The summed E-state index contributed by atoms with van der Waals surface area (Å²) in [4.78, 5) is 14.8. The van der Waals surface area contributed by atoms with Crippen LogP contribution in [0.5, 0.6) is 5.75 Å². The molecule has 1 unspecified atom stereocenters. The molecule has 0 spiro atoms. The minimum Gasteiger partial charge on any atom is -0.496 e. The van der Waals surface area contributed by atoms with Gasteiger partial charge >= 0.3 is 0 Å². The van der Waals surface area contributed by atoms with E-state index in [0.717, 1.165) is 24.4 Å². The van der Waals surface area contributed by atoms with Crippen LogP contribution in [0.15, 0.2) is 42.6 Å². The predicted octanol–water partition coefficient (Wildman–Crippen LogP) is 1.82. The second-order valence-corrected chi connectivity index (χ2v) is 5.46. The zero-order valence-corrected chi connectivity index (χ0v) is 13.0. The number of amides is 1. The van der Waals surface area contributed by atoms with Crippen LogP contribution in [0.25, 0.3) is 0 Å². The number of benzene rings is 1. The summed E-state index contributed by atoms with van der Waals surface area (Å²) < 4.78 is 7.33. The number of carbonyl (C=O) groups is 1. The summed E-state index contributed by atoms with van der Waals surface area (Å²) in [7, 11) is 3.56. The molecule has 1 N–H and O–H groups in total. The average molecular weight is 299 g/mol. The third-order valence-electron chi connectivity index (χ3n) is 4.17. The third kappa shape index (κ3) is 2.60. The lowest BCUT2D eigenvalue weighted by Gasteiger charge is -2.37. The van der Waals surface area contributed by atoms with Crippen molar-refractivity contribution in [3.63, 3.8) is 0 Å². The fraction of sp³-hybridized carbons (Fsp3) is 0.353. The molecule has 1 fully saturated rings. The van der Waals surface area contributed by atoms with E-state index in [2.05, 4.69) is 5.32 Å². The van der Waals surface area contributed by atoms with E-state index in [1.165, 1.54) is 0 Å². The van der Waals surface area contributed by atoms with Gasteiger partial charge < -0.3 is 19.5 Å². The maximum atomic E-state index is 12.9. The Morgan fingerprint density at radius 3 is 2.82 bits per heavy atom. The second-order valence-electron chi connectivity index (χ2n) is 5.46. The summed E-state index contributed by atoms with van der Waals surface area (Å²) in [6, 6.07) is 11.6. The van der Waals surface area contributed by atoms with Crippen LogP contribution in [0, 0.1) is 0 Å². The van der Waals surface area contributed by atoms with Gasteiger partial charge in [0, 0.05) is 38.4 Å². The van der Waals surface area contributed by atoms with E-state index in [0.29, 0.717) is 12.2 Å². The van der Waals surface area contributed by atoms with Crippen molar-refractivity contribution in [3.8, 4) is 5.75 Å². The molecule has 0 saturated carbocycles. The molecular weight excluding hydrogens is 278 g/mol. The van der Waals surface area contributed by atoms with Gasteiger partial charge in [0.25, 0.3) is 5.91 Å². The maximum Gasteiger partial charge on any atom is 0.271 e. The summed E-state index contributed by atoms with van der Waals surface area (Å²) in [6.07, 6.45) is 1.90. The number of nitrogens with zero attached hydrogens (tertiary/aromatic N) is 2. The molecule has 116 valence electrons. The molecule has 5 nitrogen and oxygen atoms in total. The molecule has 2 aromatic rings. The fourth-order valence-corrected chi connectivity index (χ4v) is 3.00. The number of piperazine rings is 1. The highest BCUT2D eigenvalue weighted by Gasteiger charge is 2.31. The zero-order chi connectivity index (χ0) is 15.5. The smallest absolute Gasteiger partial charge is 0.271 e. The molecule has 1 aliphatic rings. The molecule has 1 aliphatic heterocycles. The Morgan fingerprint density at radius 2 is 2.09 bits per heavy atom. The second kappa shape index (κ2) is 6.23. The van der Waals surface area contributed by atoms with Crippen molar-refractivity contribution < 1.29 is 9.53 Å². The Bertz CT molecular complexity index is 665. The number of nitrogens with one attached hydrogen (secondary N) is 1. The highest BCUT2D eigenvalue weighted by atomic mass is 16.5. The van der Waals surface area contributed by atoms with Gasteiger partial charge in [-0.1, -0.05) is 18.2 Å². The molecule has 1 aromatic carbocycles. The SMILES string of the molecule is COc1ccccc1C1CNCCN1C(=O)c1cccn1C. The highest BCUT2D eigenvalue weighted by Crippen LogP contribution is 2.31. The normalized spacial score (nSPS) is 18.3. The summed E-state index contributed by atoms with van der Waals surface area (Å²) >= 11 is 0. The van der Waals surface area contributed by atoms with Gasteiger partial charge in [-0.15, -0.1) is 0 Å². The molecule has 1 atom stereocenters.